The van der Waals surface area contributed by atoms with Gasteiger partial charge in [-0.05, 0) is 29.2 Å². The standard InChI is InChI=1S/C20H18N6O5S3/c1-31-25-13(12-9-34-20(21)23-12)16(27)24-14-17(28)26-15(19(29)30)10(8-33-18(14)26)4-6-32-11-3-2-5-22-7-11/h2-7,9,14,18H,8H2,1H3,(H2,21,23)(H,24,27)(H,29,30)/t14?,18-/m0/s1. The van der Waals surface area contributed by atoms with Crippen LogP contribution in [-0.4, -0.2) is 67.7 Å². The van der Waals surface area contributed by atoms with Gasteiger partial charge in [0.25, 0.3) is 11.8 Å². The van der Waals surface area contributed by atoms with Gasteiger partial charge >= 0.3 is 5.97 Å². The number of carboxylic acid groups (broad SMARTS) is 1. The number of pyridine rings is 1. The molecule has 0 bridgehead atoms. The summed E-state index contributed by atoms with van der Waals surface area (Å²) in [5.41, 5.74) is 6.12. The van der Waals surface area contributed by atoms with Crippen molar-refractivity contribution in [1.82, 2.24) is 20.2 Å². The van der Waals surface area contributed by atoms with E-state index in [1.807, 2.05) is 6.07 Å². The number of anilines is 1. The van der Waals surface area contributed by atoms with Gasteiger partial charge in [-0.15, -0.1) is 23.1 Å². The number of aromatic nitrogens is 2. The highest BCUT2D eigenvalue weighted by atomic mass is 32.2. The zero-order chi connectivity index (χ0) is 24.2. The lowest BCUT2D eigenvalue weighted by molar-refractivity contribution is -0.150. The summed E-state index contributed by atoms with van der Waals surface area (Å²) in [6.45, 7) is 0. The normalized spacial score (nSPS) is 20.2. The lowest BCUT2D eigenvalue weighted by Gasteiger charge is -2.49. The molecule has 2 aromatic heterocycles. The third-order valence-electron chi connectivity index (χ3n) is 4.76. The third-order valence-corrected chi connectivity index (χ3v) is 7.52. The van der Waals surface area contributed by atoms with Gasteiger partial charge in [0.05, 0.1) is 0 Å². The van der Waals surface area contributed by atoms with Crippen LogP contribution in [0, 0.1) is 0 Å². The van der Waals surface area contributed by atoms with Crippen LogP contribution in [0.15, 0.2) is 62.7 Å². The molecular weight excluding hydrogens is 500 g/mol. The molecule has 2 amide bonds. The number of oxime groups is 1. The van der Waals surface area contributed by atoms with Gasteiger partial charge in [-0.1, -0.05) is 16.9 Å². The summed E-state index contributed by atoms with van der Waals surface area (Å²) in [5.74, 6) is -2.06. The molecule has 0 aliphatic carbocycles. The van der Waals surface area contributed by atoms with E-state index in [1.165, 1.54) is 35.5 Å². The first-order valence-electron chi connectivity index (χ1n) is 9.68. The lowest BCUT2D eigenvalue weighted by Crippen LogP contribution is -2.71. The van der Waals surface area contributed by atoms with Crippen molar-refractivity contribution >= 4 is 63.5 Å². The molecule has 1 unspecified atom stereocenters. The molecule has 0 radical (unpaired) electrons. The summed E-state index contributed by atoms with van der Waals surface area (Å²) in [4.78, 5) is 52.5. The Bertz CT molecular complexity index is 1210. The molecule has 0 aromatic carbocycles. The van der Waals surface area contributed by atoms with Gasteiger partial charge in [0, 0.05) is 28.4 Å². The fraction of sp³-hybridized carbons (Fsp3) is 0.200. The molecule has 2 atom stereocenters. The summed E-state index contributed by atoms with van der Waals surface area (Å²) >= 11 is 3.88. The van der Waals surface area contributed by atoms with E-state index in [2.05, 4.69) is 20.4 Å². The molecule has 0 spiro atoms. The molecule has 11 nitrogen and oxygen atoms in total. The zero-order valence-electron chi connectivity index (χ0n) is 17.6. The molecule has 34 heavy (non-hydrogen) atoms. The first-order valence-corrected chi connectivity index (χ1v) is 12.5. The number of allylic oxidation sites excluding steroid dienone is 1. The van der Waals surface area contributed by atoms with E-state index in [-0.39, 0.29) is 22.2 Å². The number of nitrogens with two attached hydrogens (primary N) is 1. The average molecular weight is 519 g/mol. The SMILES string of the molecule is CON=C(C(=O)NC1C(=O)N2C(C(=O)O)=C(C=CSc3cccnc3)CS[C@@H]12)c1csc(N)n1. The Morgan fingerprint density at radius 2 is 2.29 bits per heavy atom. The molecule has 1 saturated heterocycles. The topological polar surface area (TPSA) is 160 Å². The maximum atomic E-state index is 12.9. The van der Waals surface area contributed by atoms with Crippen molar-refractivity contribution in [2.24, 2.45) is 5.16 Å². The monoisotopic (exact) mass is 518 g/mol. The summed E-state index contributed by atoms with van der Waals surface area (Å²) in [6.07, 6.45) is 5.04. The van der Waals surface area contributed by atoms with Crippen LogP contribution in [0.2, 0.25) is 0 Å². The minimum atomic E-state index is -1.21. The third kappa shape index (κ3) is 4.78. The fourth-order valence-electron chi connectivity index (χ4n) is 3.28. The number of nitrogens with zero attached hydrogens (tertiary/aromatic N) is 4. The molecule has 2 aliphatic heterocycles. The fourth-order valence-corrected chi connectivity index (χ4v) is 5.82. The van der Waals surface area contributed by atoms with Crippen LogP contribution in [0.4, 0.5) is 5.13 Å². The van der Waals surface area contributed by atoms with Crippen molar-refractivity contribution < 1.29 is 24.3 Å². The Morgan fingerprint density at radius 1 is 1.47 bits per heavy atom. The maximum Gasteiger partial charge on any atom is 0.352 e. The number of carbonyl (C=O) groups is 3. The van der Waals surface area contributed by atoms with Crippen molar-refractivity contribution in [3.8, 4) is 0 Å². The molecule has 0 saturated carbocycles. The van der Waals surface area contributed by atoms with Crippen LogP contribution in [0.3, 0.4) is 0 Å². The Labute approximate surface area is 206 Å². The highest BCUT2D eigenvalue weighted by Gasteiger charge is 2.54. The van der Waals surface area contributed by atoms with Crippen molar-refractivity contribution in [1.29, 1.82) is 0 Å². The van der Waals surface area contributed by atoms with Crippen LogP contribution in [0.25, 0.3) is 0 Å². The summed E-state index contributed by atoms with van der Waals surface area (Å²) in [5, 5.41) is 19.1. The van der Waals surface area contributed by atoms with E-state index in [0.29, 0.717) is 11.3 Å². The molecule has 14 heteroatoms. The molecule has 4 N–H and O–H groups in total. The number of amides is 2. The minimum Gasteiger partial charge on any atom is -0.477 e. The van der Waals surface area contributed by atoms with Crippen LogP contribution in [0.5, 0.6) is 0 Å². The first kappa shape index (κ1) is 23.8. The second-order valence-corrected chi connectivity index (χ2v) is 9.82. The van der Waals surface area contributed by atoms with E-state index < -0.39 is 29.2 Å². The number of thiazole rings is 1. The number of carboxylic acids is 1. The Hall–Kier alpha value is -3.36. The van der Waals surface area contributed by atoms with Gasteiger partial charge < -0.3 is 21.0 Å². The number of carbonyl (C=O) groups excluding carboxylic acids is 2. The van der Waals surface area contributed by atoms with E-state index >= 15 is 0 Å². The molecular formula is C20H18N6O5S3. The highest BCUT2D eigenvalue weighted by Crippen LogP contribution is 2.41. The van der Waals surface area contributed by atoms with Gasteiger partial charge in [-0.25, -0.2) is 9.78 Å². The van der Waals surface area contributed by atoms with Gasteiger partial charge in [0.1, 0.15) is 29.9 Å². The number of nitrogen functional groups attached to an aromatic ring is 1. The molecule has 4 heterocycles. The predicted molar refractivity (Wildman–Crippen MR) is 129 cm³/mol. The molecule has 2 aliphatic rings. The molecule has 4 rings (SSSR count). The van der Waals surface area contributed by atoms with Crippen molar-refractivity contribution in [3.05, 3.63) is 58.4 Å². The first-order chi connectivity index (χ1) is 16.4. The van der Waals surface area contributed by atoms with E-state index in [4.69, 9.17) is 10.6 Å². The lowest BCUT2D eigenvalue weighted by atomic mass is 10.0. The Morgan fingerprint density at radius 3 is 2.94 bits per heavy atom. The molecule has 2 aromatic rings. The minimum absolute atomic E-state index is 0.0969. The largest absolute Gasteiger partial charge is 0.477 e. The van der Waals surface area contributed by atoms with E-state index in [9.17, 15) is 19.5 Å². The predicted octanol–water partition coefficient (Wildman–Crippen LogP) is 1.52. The highest BCUT2D eigenvalue weighted by molar-refractivity contribution is 8.02. The van der Waals surface area contributed by atoms with Gasteiger partial charge in [0.15, 0.2) is 10.8 Å². The van der Waals surface area contributed by atoms with Crippen molar-refractivity contribution in [3.63, 3.8) is 0 Å². The number of hydrogen-bond acceptors (Lipinski definition) is 11. The van der Waals surface area contributed by atoms with Crippen molar-refractivity contribution in [2.75, 3.05) is 18.6 Å². The number of β-lactam (4-membered cyclic amide) rings is 1. The van der Waals surface area contributed by atoms with E-state index in [1.54, 1.807) is 35.3 Å². The van der Waals surface area contributed by atoms with Crippen LogP contribution >= 0.6 is 34.9 Å². The smallest absolute Gasteiger partial charge is 0.352 e. The summed E-state index contributed by atoms with van der Waals surface area (Å²) < 4.78 is 0. The van der Waals surface area contributed by atoms with Gasteiger partial charge in [0.2, 0.25) is 0 Å². The van der Waals surface area contributed by atoms with Crippen LogP contribution in [0.1, 0.15) is 5.69 Å². The van der Waals surface area contributed by atoms with Gasteiger partial charge in [-0.2, -0.15) is 0 Å². The van der Waals surface area contributed by atoms with Crippen LogP contribution < -0.4 is 11.1 Å². The molecule has 176 valence electrons. The van der Waals surface area contributed by atoms with E-state index in [0.717, 1.165) is 16.2 Å². The number of aliphatic carboxylic acids is 1. The number of nitrogens with one attached hydrogen (secondary N) is 1. The Kier molecular flexibility index (Phi) is 7.19. The number of thioether (sulfide) groups is 2. The quantitative estimate of drug-likeness (QED) is 0.202. The summed E-state index contributed by atoms with van der Waals surface area (Å²) in [6, 6.07) is 2.77. The maximum absolute atomic E-state index is 12.9. The number of rotatable bonds is 8. The van der Waals surface area contributed by atoms with Crippen molar-refractivity contribution in [2.45, 2.75) is 16.3 Å². The zero-order valence-corrected chi connectivity index (χ0v) is 20.0. The Balaban J connectivity index is 1.49. The number of hydrogen-bond donors (Lipinski definition) is 3. The van der Waals surface area contributed by atoms with Crippen LogP contribution in [-0.2, 0) is 19.2 Å². The molecule has 1 fully saturated rings. The van der Waals surface area contributed by atoms with Gasteiger partial charge in [-0.3, -0.25) is 19.5 Å². The second kappa shape index (κ2) is 10.3. The second-order valence-electron chi connectivity index (χ2n) is 6.84. The summed E-state index contributed by atoms with van der Waals surface area (Å²) in [7, 11) is 1.28. The average Bonchev–Trinajstić information content (AvgIpc) is 3.26. The number of fused-ring (bicyclic) bond motifs is 1.